The number of benzene rings is 6. The van der Waals surface area contributed by atoms with E-state index in [9.17, 15) is 0 Å². The summed E-state index contributed by atoms with van der Waals surface area (Å²) in [6, 6.07) is 41.9. The van der Waals surface area contributed by atoms with Gasteiger partial charge in [0.25, 0.3) is 0 Å². The third kappa shape index (κ3) is 5.35. The molecule has 0 saturated carbocycles. The number of aromatic nitrogens is 4. The Kier molecular flexibility index (Phi) is 7.65. The van der Waals surface area contributed by atoms with E-state index in [0.29, 0.717) is 0 Å². The predicted octanol–water partition coefficient (Wildman–Crippen LogP) is 13.6. The highest BCUT2D eigenvalue weighted by Crippen LogP contribution is 2.45. The molecule has 0 amide bonds. The summed E-state index contributed by atoms with van der Waals surface area (Å²) in [6.45, 7) is 13.1. The van der Waals surface area contributed by atoms with Crippen LogP contribution in [0.25, 0.3) is 88.4 Å². The van der Waals surface area contributed by atoms with Gasteiger partial charge in [-0.3, -0.25) is 9.97 Å². The minimum atomic E-state index is 0.993. The maximum atomic E-state index is 4.63. The van der Waals surface area contributed by atoms with Crippen LogP contribution in [-0.4, -0.2) is 19.1 Å². The fourth-order valence-electron chi connectivity index (χ4n) is 9.95. The van der Waals surface area contributed by atoms with Crippen LogP contribution in [-0.2, 0) is 12.8 Å². The van der Waals surface area contributed by atoms with Crippen LogP contribution in [0.4, 0.5) is 0 Å². The van der Waals surface area contributed by atoms with Gasteiger partial charge in [-0.25, -0.2) is 0 Å². The predicted molar refractivity (Wildman–Crippen MR) is 243 cm³/mol. The summed E-state index contributed by atoms with van der Waals surface area (Å²) in [4.78, 5) is 9.26. The minimum Gasteiger partial charge on any atom is -0.307 e. The van der Waals surface area contributed by atoms with Gasteiger partial charge < -0.3 is 9.13 Å². The molecule has 6 aromatic carbocycles. The van der Waals surface area contributed by atoms with Gasteiger partial charge in [0.1, 0.15) is 0 Å². The van der Waals surface area contributed by atoms with Crippen molar-refractivity contribution in [1.29, 1.82) is 0 Å². The van der Waals surface area contributed by atoms with E-state index in [1.165, 1.54) is 122 Å². The molecule has 0 saturated heterocycles. The first kappa shape index (κ1) is 34.5. The first-order chi connectivity index (χ1) is 28.2. The lowest BCUT2D eigenvalue weighted by molar-refractivity contribution is 0.945. The van der Waals surface area contributed by atoms with Crippen molar-refractivity contribution in [2.45, 2.75) is 54.4 Å². The molecular formula is C54H44N4. The minimum absolute atomic E-state index is 0.993. The second kappa shape index (κ2) is 12.9. The van der Waals surface area contributed by atoms with Crippen molar-refractivity contribution < 1.29 is 0 Å². The molecule has 0 fully saturated rings. The zero-order chi connectivity index (χ0) is 39.4. The van der Waals surface area contributed by atoms with Gasteiger partial charge in [-0.15, -0.1) is 0 Å². The summed E-state index contributed by atoms with van der Waals surface area (Å²) in [7, 11) is 0. The number of hydrogen-bond acceptors (Lipinski definition) is 2. The van der Waals surface area contributed by atoms with Gasteiger partial charge in [0.05, 0.1) is 45.8 Å². The van der Waals surface area contributed by atoms with Crippen molar-refractivity contribution in [3.8, 4) is 44.8 Å². The van der Waals surface area contributed by atoms with E-state index < -0.39 is 0 Å². The first-order valence-corrected chi connectivity index (χ1v) is 20.4. The molecule has 1 aliphatic rings. The third-order valence-electron chi connectivity index (χ3n) is 12.5. The SMILES string of the molecule is Cc1cc(C)cc(-c2ccc3c(c2)c2cc4c(cc2n3-c2cnccc2C)-c2cc3c(cc2CC4)c2cc(-c4cc(C)cc(C)c4)ccc2n3-c2cnccc2C)c1. The number of nitrogens with zero attached hydrogens (tertiary/aromatic N) is 4. The number of rotatable bonds is 4. The lowest BCUT2D eigenvalue weighted by Crippen LogP contribution is -2.05. The molecule has 4 aromatic heterocycles. The zero-order valence-corrected chi connectivity index (χ0v) is 33.9. The molecule has 0 radical (unpaired) electrons. The van der Waals surface area contributed by atoms with Crippen molar-refractivity contribution in [2.24, 2.45) is 0 Å². The maximum absolute atomic E-state index is 4.63. The van der Waals surface area contributed by atoms with Gasteiger partial charge in [0.2, 0.25) is 0 Å². The average molecular weight is 749 g/mol. The van der Waals surface area contributed by atoms with Crippen LogP contribution >= 0.6 is 0 Å². The number of aryl methyl sites for hydroxylation is 8. The van der Waals surface area contributed by atoms with Crippen molar-refractivity contribution in [2.75, 3.05) is 0 Å². The average Bonchev–Trinajstić information content (AvgIpc) is 3.69. The largest absolute Gasteiger partial charge is 0.307 e. The first-order valence-electron chi connectivity index (χ1n) is 20.4. The van der Waals surface area contributed by atoms with Crippen LogP contribution < -0.4 is 0 Å². The van der Waals surface area contributed by atoms with E-state index in [-0.39, 0.29) is 0 Å². The van der Waals surface area contributed by atoms with Crippen molar-refractivity contribution >= 4 is 43.6 Å². The maximum Gasteiger partial charge on any atom is 0.0674 e. The number of pyridine rings is 2. The van der Waals surface area contributed by atoms with Gasteiger partial charge in [0.15, 0.2) is 0 Å². The van der Waals surface area contributed by atoms with Crippen LogP contribution in [0.15, 0.2) is 134 Å². The quantitative estimate of drug-likeness (QED) is 0.180. The topological polar surface area (TPSA) is 35.6 Å². The van der Waals surface area contributed by atoms with Crippen molar-refractivity contribution in [1.82, 2.24) is 19.1 Å². The van der Waals surface area contributed by atoms with Crippen LogP contribution in [0.2, 0.25) is 0 Å². The summed E-state index contributed by atoms with van der Waals surface area (Å²) >= 11 is 0. The second-order valence-corrected chi connectivity index (χ2v) is 16.8. The van der Waals surface area contributed by atoms with E-state index in [1.54, 1.807) is 0 Å². The van der Waals surface area contributed by atoms with E-state index in [4.69, 9.17) is 0 Å². The van der Waals surface area contributed by atoms with E-state index in [1.807, 2.05) is 24.8 Å². The fraction of sp³-hybridized carbons (Fsp3) is 0.148. The molecule has 0 bridgehead atoms. The van der Waals surface area contributed by atoms with E-state index in [0.717, 1.165) is 24.2 Å². The summed E-state index contributed by atoms with van der Waals surface area (Å²) in [6.07, 6.45) is 9.80. The summed E-state index contributed by atoms with van der Waals surface area (Å²) in [5.74, 6) is 0. The Morgan fingerprint density at radius 3 is 1.17 bits per heavy atom. The Hall–Kier alpha value is -6.78. The Labute approximate surface area is 339 Å². The van der Waals surface area contributed by atoms with Gasteiger partial charge >= 0.3 is 0 Å². The molecule has 4 heterocycles. The standard InChI is InChI=1S/C54H44N4/c1-31-17-32(2)20-41(19-31)37-9-11-49-45(23-37)47-25-39-7-8-40-26-48-46-24-38(42-21-33(3)18-34(4)22-42)10-12-50(46)58(54-30-56-16-14-36(54)6)52(48)28-44(40)43(39)27-51(47)57(49)53-29-55-15-13-35(53)5/h9-30H,7-8H2,1-6H3. The van der Waals surface area contributed by atoms with Gasteiger partial charge in [-0.05, 0) is 171 Å². The van der Waals surface area contributed by atoms with Crippen LogP contribution in [0.5, 0.6) is 0 Å². The molecule has 4 heteroatoms. The van der Waals surface area contributed by atoms with E-state index >= 15 is 0 Å². The highest BCUT2D eigenvalue weighted by Gasteiger charge is 2.25. The lowest BCUT2D eigenvalue weighted by Gasteiger charge is -2.22. The molecule has 11 rings (SSSR count). The molecule has 0 spiro atoms. The molecule has 1 aliphatic carbocycles. The Bertz CT molecular complexity index is 3090. The van der Waals surface area contributed by atoms with E-state index in [2.05, 4.69) is 170 Å². The van der Waals surface area contributed by atoms with Crippen LogP contribution in [0, 0.1) is 41.5 Å². The van der Waals surface area contributed by atoms with Gasteiger partial charge in [-0.2, -0.15) is 0 Å². The zero-order valence-electron chi connectivity index (χ0n) is 33.9. The summed E-state index contributed by atoms with van der Waals surface area (Å²) in [5, 5.41) is 5.11. The normalized spacial score (nSPS) is 12.5. The summed E-state index contributed by atoms with van der Waals surface area (Å²) < 4.78 is 4.88. The van der Waals surface area contributed by atoms with Gasteiger partial charge in [0, 0.05) is 33.9 Å². The molecule has 0 atom stereocenters. The Morgan fingerprint density at radius 2 is 0.776 bits per heavy atom. The lowest BCUT2D eigenvalue weighted by atomic mass is 9.84. The number of hydrogen-bond donors (Lipinski definition) is 0. The molecule has 58 heavy (non-hydrogen) atoms. The molecular weight excluding hydrogens is 705 g/mol. The van der Waals surface area contributed by atoms with Gasteiger partial charge in [-0.1, -0.05) is 70.8 Å². The molecule has 280 valence electrons. The molecule has 10 aromatic rings. The highest BCUT2D eigenvalue weighted by atomic mass is 15.0. The van der Waals surface area contributed by atoms with Crippen LogP contribution in [0.1, 0.15) is 44.5 Å². The Morgan fingerprint density at radius 1 is 0.379 bits per heavy atom. The Balaban J connectivity index is 1.18. The second-order valence-electron chi connectivity index (χ2n) is 16.8. The molecule has 0 unspecified atom stereocenters. The van der Waals surface area contributed by atoms with Crippen molar-refractivity contribution in [3.63, 3.8) is 0 Å². The smallest absolute Gasteiger partial charge is 0.0674 e. The monoisotopic (exact) mass is 748 g/mol. The van der Waals surface area contributed by atoms with Crippen molar-refractivity contribution in [3.05, 3.63) is 178 Å². The summed E-state index contributed by atoms with van der Waals surface area (Å²) in [5.41, 5.74) is 25.0. The van der Waals surface area contributed by atoms with Crippen LogP contribution in [0.3, 0.4) is 0 Å². The number of fused-ring (bicyclic) bond motifs is 9. The molecule has 0 aliphatic heterocycles. The fourth-order valence-corrected chi connectivity index (χ4v) is 9.95. The molecule has 4 nitrogen and oxygen atoms in total. The highest BCUT2D eigenvalue weighted by molar-refractivity contribution is 6.14. The molecule has 0 N–H and O–H groups in total. The third-order valence-corrected chi connectivity index (χ3v) is 12.5.